The average molecular weight is 647 g/mol. The Bertz CT molecular complexity index is 3090. The van der Waals surface area contributed by atoms with Crippen molar-refractivity contribution in [2.45, 2.75) is 19.3 Å². The maximum atomic E-state index is 2.53. The minimum absolute atomic E-state index is 0.172. The molecule has 0 unspecified atom stereocenters. The summed E-state index contributed by atoms with van der Waals surface area (Å²) in [5, 5.41) is 15.6. The highest BCUT2D eigenvalue weighted by atomic mass is 14.4. The van der Waals surface area contributed by atoms with Crippen molar-refractivity contribution in [2.24, 2.45) is 0 Å². The van der Waals surface area contributed by atoms with Crippen LogP contribution in [-0.4, -0.2) is 0 Å². The maximum absolute atomic E-state index is 2.53. The number of benzene rings is 10. The van der Waals surface area contributed by atoms with E-state index < -0.39 is 0 Å². The van der Waals surface area contributed by atoms with Gasteiger partial charge in [-0.05, 0) is 127 Å². The minimum Gasteiger partial charge on any atom is -0.0616 e. The fraction of sp³-hybridized carbons (Fsp3) is 0.0588. The summed E-state index contributed by atoms with van der Waals surface area (Å²) in [5.74, 6) is 0. The molecule has 10 aromatic rings. The van der Waals surface area contributed by atoms with Gasteiger partial charge in [0.1, 0.15) is 0 Å². The Morgan fingerprint density at radius 3 is 1.41 bits per heavy atom. The van der Waals surface area contributed by atoms with Gasteiger partial charge in [-0.1, -0.05) is 166 Å². The number of rotatable bonds is 2. The first-order valence-corrected chi connectivity index (χ1v) is 18.0. The van der Waals surface area contributed by atoms with Crippen LogP contribution in [0.5, 0.6) is 0 Å². The van der Waals surface area contributed by atoms with Crippen LogP contribution in [0.3, 0.4) is 0 Å². The van der Waals surface area contributed by atoms with Crippen LogP contribution in [0.15, 0.2) is 170 Å². The third-order valence-corrected chi connectivity index (χ3v) is 11.8. The van der Waals surface area contributed by atoms with Crippen molar-refractivity contribution in [1.82, 2.24) is 0 Å². The molecular weight excluding hydrogens is 613 g/mol. The van der Waals surface area contributed by atoms with Gasteiger partial charge in [0, 0.05) is 5.41 Å². The van der Waals surface area contributed by atoms with E-state index in [0.717, 1.165) is 0 Å². The fourth-order valence-corrected chi connectivity index (χ4v) is 9.45. The minimum atomic E-state index is -0.172. The Balaban J connectivity index is 1.27. The smallest absolute Gasteiger partial charge is 0.0159 e. The molecule has 0 amide bonds. The molecule has 0 radical (unpaired) electrons. The van der Waals surface area contributed by atoms with Crippen LogP contribution >= 0.6 is 0 Å². The molecule has 0 saturated carbocycles. The largest absolute Gasteiger partial charge is 0.0616 e. The highest BCUT2D eigenvalue weighted by Crippen LogP contribution is 2.53. The van der Waals surface area contributed by atoms with Crippen molar-refractivity contribution in [3.63, 3.8) is 0 Å². The Morgan fingerprint density at radius 2 is 0.745 bits per heavy atom. The lowest BCUT2D eigenvalue weighted by atomic mass is 9.66. The Kier molecular flexibility index (Phi) is 5.82. The lowest BCUT2D eigenvalue weighted by Gasteiger charge is -2.36. The summed E-state index contributed by atoms with van der Waals surface area (Å²) in [6.07, 6.45) is 0. The van der Waals surface area contributed by atoms with Crippen LogP contribution in [0.25, 0.3) is 98.0 Å². The zero-order chi connectivity index (χ0) is 33.8. The van der Waals surface area contributed by atoms with Crippen LogP contribution in [-0.2, 0) is 5.41 Å². The molecule has 0 heterocycles. The molecule has 0 spiro atoms. The van der Waals surface area contributed by atoms with Crippen molar-refractivity contribution >= 4 is 64.6 Å². The van der Waals surface area contributed by atoms with Gasteiger partial charge in [-0.3, -0.25) is 0 Å². The van der Waals surface area contributed by atoms with E-state index in [2.05, 4.69) is 184 Å². The van der Waals surface area contributed by atoms with E-state index in [9.17, 15) is 0 Å². The number of hydrogen-bond acceptors (Lipinski definition) is 0. The molecule has 0 saturated heterocycles. The molecular formula is C51H34. The van der Waals surface area contributed by atoms with Crippen LogP contribution in [0.1, 0.15) is 25.0 Å². The lowest BCUT2D eigenvalue weighted by molar-refractivity contribution is 0.646. The molecule has 0 aliphatic heterocycles. The van der Waals surface area contributed by atoms with Crippen LogP contribution in [0.4, 0.5) is 0 Å². The molecule has 0 bridgehead atoms. The average Bonchev–Trinajstić information content (AvgIpc) is 3.18. The van der Waals surface area contributed by atoms with Crippen LogP contribution in [0.2, 0.25) is 0 Å². The molecule has 11 rings (SSSR count). The van der Waals surface area contributed by atoms with Crippen molar-refractivity contribution in [2.75, 3.05) is 0 Å². The molecule has 1 aliphatic rings. The summed E-state index contributed by atoms with van der Waals surface area (Å²) < 4.78 is 0. The first-order chi connectivity index (χ1) is 25.1. The topological polar surface area (TPSA) is 0 Å². The van der Waals surface area contributed by atoms with Crippen LogP contribution in [0, 0.1) is 0 Å². The molecule has 10 aromatic carbocycles. The van der Waals surface area contributed by atoms with Crippen molar-refractivity contribution in [1.29, 1.82) is 0 Å². The van der Waals surface area contributed by atoms with Gasteiger partial charge < -0.3 is 0 Å². The summed E-state index contributed by atoms with van der Waals surface area (Å²) in [6.45, 7) is 4.83. The second kappa shape index (κ2) is 10.4. The van der Waals surface area contributed by atoms with Gasteiger partial charge >= 0.3 is 0 Å². The molecule has 0 heteroatoms. The molecule has 0 aromatic heterocycles. The van der Waals surface area contributed by atoms with Gasteiger partial charge in [0.05, 0.1) is 0 Å². The number of hydrogen-bond donors (Lipinski definition) is 0. The normalized spacial score (nSPS) is 13.5. The Hall–Kier alpha value is -6.24. The van der Waals surface area contributed by atoms with E-state index in [4.69, 9.17) is 0 Å². The van der Waals surface area contributed by atoms with Gasteiger partial charge in [0.15, 0.2) is 0 Å². The molecule has 0 fully saturated rings. The second-order valence-electron chi connectivity index (χ2n) is 14.8. The summed E-state index contributed by atoms with van der Waals surface area (Å²) in [4.78, 5) is 0. The summed E-state index contributed by atoms with van der Waals surface area (Å²) in [5.41, 5.74) is 10.5. The summed E-state index contributed by atoms with van der Waals surface area (Å²) in [6, 6.07) is 63.7. The lowest BCUT2D eigenvalue weighted by Crippen LogP contribution is -2.24. The number of fused-ring (bicyclic) bond motifs is 10. The monoisotopic (exact) mass is 646 g/mol. The molecule has 0 atom stereocenters. The van der Waals surface area contributed by atoms with E-state index >= 15 is 0 Å². The molecule has 1 aliphatic carbocycles. The standard InChI is InChI=1S/C51H34/c1-51(2)47-27-13-17-32-16-12-26-41(49(32)47)50-40-24-10-9-23-39(40)46(30-48(50)51)45-29-44-36-20-6-5-19-35(36)42(28-43(44)37-21-7-8-22-38(37)45)34-25-11-15-31-14-3-4-18-33(31)34/h3-30H,1-2H3. The fourth-order valence-electron chi connectivity index (χ4n) is 9.45. The summed E-state index contributed by atoms with van der Waals surface area (Å²) in [7, 11) is 0. The van der Waals surface area contributed by atoms with E-state index in [1.165, 1.54) is 109 Å². The second-order valence-corrected chi connectivity index (χ2v) is 14.8. The quantitative estimate of drug-likeness (QED) is 0.164. The zero-order valence-electron chi connectivity index (χ0n) is 28.7. The van der Waals surface area contributed by atoms with Gasteiger partial charge in [0.2, 0.25) is 0 Å². The molecule has 0 N–H and O–H groups in total. The molecule has 0 nitrogen and oxygen atoms in total. The highest BCUT2D eigenvalue weighted by molar-refractivity contribution is 6.26. The van der Waals surface area contributed by atoms with Crippen molar-refractivity contribution in [3.05, 3.63) is 181 Å². The SMILES string of the molecule is CC1(C)c2cc(-c3cc4c5ccccc5c(-c5cccc6ccccc56)cc4c4ccccc34)c3ccccc3c2-c2cccc3cccc1c23. The Morgan fingerprint density at radius 1 is 0.294 bits per heavy atom. The van der Waals surface area contributed by atoms with Gasteiger partial charge in [0.25, 0.3) is 0 Å². The summed E-state index contributed by atoms with van der Waals surface area (Å²) >= 11 is 0. The first kappa shape index (κ1) is 28.6. The van der Waals surface area contributed by atoms with Gasteiger partial charge in [-0.15, -0.1) is 0 Å². The van der Waals surface area contributed by atoms with Crippen LogP contribution < -0.4 is 0 Å². The van der Waals surface area contributed by atoms with E-state index in [-0.39, 0.29) is 5.41 Å². The maximum Gasteiger partial charge on any atom is 0.0159 e. The predicted octanol–water partition coefficient (Wildman–Crippen LogP) is 14.2. The van der Waals surface area contributed by atoms with Gasteiger partial charge in [-0.25, -0.2) is 0 Å². The molecule has 51 heavy (non-hydrogen) atoms. The molecule has 238 valence electrons. The third-order valence-electron chi connectivity index (χ3n) is 11.8. The van der Waals surface area contributed by atoms with E-state index in [1.54, 1.807) is 0 Å². The van der Waals surface area contributed by atoms with Crippen molar-refractivity contribution in [3.8, 4) is 33.4 Å². The van der Waals surface area contributed by atoms with E-state index in [0.29, 0.717) is 0 Å². The predicted molar refractivity (Wildman–Crippen MR) is 220 cm³/mol. The first-order valence-electron chi connectivity index (χ1n) is 18.0. The Labute approximate surface area is 297 Å². The van der Waals surface area contributed by atoms with Crippen molar-refractivity contribution < 1.29 is 0 Å². The third kappa shape index (κ3) is 3.91. The van der Waals surface area contributed by atoms with E-state index in [1.807, 2.05) is 0 Å². The zero-order valence-corrected chi connectivity index (χ0v) is 28.7. The highest BCUT2D eigenvalue weighted by Gasteiger charge is 2.35. The van der Waals surface area contributed by atoms with Gasteiger partial charge in [-0.2, -0.15) is 0 Å².